The minimum atomic E-state index is 0.176. The Hall–Kier alpha value is -1.06. The summed E-state index contributed by atoms with van der Waals surface area (Å²) in [7, 11) is 2.19. The van der Waals surface area contributed by atoms with Gasteiger partial charge < -0.3 is 16.4 Å². The van der Waals surface area contributed by atoms with Crippen molar-refractivity contribution in [2.75, 3.05) is 25.9 Å². The third kappa shape index (κ3) is 1.65. The monoisotopic (exact) mass is 231 g/mol. The Balaban J connectivity index is 1.93. The molecule has 0 aromatic heterocycles. The van der Waals surface area contributed by atoms with E-state index in [2.05, 4.69) is 24.1 Å². The summed E-state index contributed by atoms with van der Waals surface area (Å²) in [6.07, 6.45) is 3.55. The molecule has 0 radical (unpaired) electrons. The van der Waals surface area contributed by atoms with E-state index in [0.717, 1.165) is 25.2 Å². The lowest BCUT2D eigenvalue weighted by Crippen LogP contribution is -2.42. The van der Waals surface area contributed by atoms with E-state index < -0.39 is 0 Å². The molecule has 4 N–H and O–H groups in total. The Bertz CT molecular complexity index is 433. The normalized spacial score (nSPS) is 27.3. The number of nitrogens with two attached hydrogens (primary N) is 2. The molecule has 2 aliphatic rings. The van der Waals surface area contributed by atoms with Crippen LogP contribution in [0, 0.1) is 5.41 Å². The lowest BCUT2D eigenvalue weighted by Gasteiger charge is -2.41. The van der Waals surface area contributed by atoms with Crippen molar-refractivity contribution in [3.05, 3.63) is 29.3 Å². The van der Waals surface area contributed by atoms with Crippen molar-refractivity contribution in [1.82, 2.24) is 4.90 Å². The van der Waals surface area contributed by atoms with E-state index >= 15 is 0 Å². The molecule has 1 unspecified atom stereocenters. The van der Waals surface area contributed by atoms with Gasteiger partial charge in [-0.2, -0.15) is 0 Å². The molecule has 3 rings (SSSR count). The fourth-order valence-corrected chi connectivity index (χ4v) is 3.43. The van der Waals surface area contributed by atoms with Crippen molar-refractivity contribution >= 4 is 5.69 Å². The van der Waals surface area contributed by atoms with Gasteiger partial charge in [0.15, 0.2) is 0 Å². The highest BCUT2D eigenvalue weighted by molar-refractivity contribution is 5.49. The Morgan fingerprint density at radius 3 is 2.71 bits per heavy atom. The Morgan fingerprint density at radius 1 is 1.29 bits per heavy atom. The van der Waals surface area contributed by atoms with E-state index in [0.29, 0.717) is 5.41 Å². The molecule has 1 saturated heterocycles. The van der Waals surface area contributed by atoms with Gasteiger partial charge in [-0.3, -0.25) is 0 Å². The van der Waals surface area contributed by atoms with Crippen LogP contribution < -0.4 is 11.5 Å². The topological polar surface area (TPSA) is 55.3 Å². The maximum absolute atomic E-state index is 6.50. The second-order valence-corrected chi connectivity index (χ2v) is 5.78. The molecule has 1 aromatic carbocycles. The Labute approximate surface area is 103 Å². The second-order valence-electron chi connectivity index (χ2n) is 5.78. The maximum Gasteiger partial charge on any atom is 0.0359 e. The number of nitrogens with zero attached hydrogens (tertiary/aromatic N) is 1. The van der Waals surface area contributed by atoms with Gasteiger partial charge in [-0.05, 0) is 68.1 Å². The average molecular weight is 231 g/mol. The van der Waals surface area contributed by atoms with Crippen LogP contribution in [0.4, 0.5) is 5.69 Å². The molecule has 1 aliphatic heterocycles. The van der Waals surface area contributed by atoms with Crippen LogP contribution in [-0.2, 0) is 6.42 Å². The number of likely N-dealkylation sites (tertiary alicyclic amines) is 1. The highest BCUT2D eigenvalue weighted by Gasteiger charge is 2.45. The van der Waals surface area contributed by atoms with Crippen LogP contribution in [0.15, 0.2) is 18.2 Å². The van der Waals surface area contributed by atoms with Crippen LogP contribution in [0.3, 0.4) is 0 Å². The molecule has 1 fully saturated rings. The molecule has 3 heteroatoms. The van der Waals surface area contributed by atoms with Crippen molar-refractivity contribution < 1.29 is 0 Å². The van der Waals surface area contributed by atoms with Crippen LogP contribution >= 0.6 is 0 Å². The number of anilines is 1. The molecule has 1 aliphatic carbocycles. The average Bonchev–Trinajstić information content (AvgIpc) is 2.58. The first-order valence-corrected chi connectivity index (χ1v) is 6.43. The lowest BCUT2D eigenvalue weighted by atomic mass is 9.73. The predicted octanol–water partition coefficient (Wildman–Crippen LogP) is 1.54. The van der Waals surface area contributed by atoms with Gasteiger partial charge in [-0.25, -0.2) is 0 Å². The van der Waals surface area contributed by atoms with Gasteiger partial charge in [0.1, 0.15) is 0 Å². The lowest BCUT2D eigenvalue weighted by molar-refractivity contribution is 0.106. The molecule has 17 heavy (non-hydrogen) atoms. The standard InChI is InChI=1S/C14H21N3/c1-17-6-4-14(5-7-17)9-10-2-3-11(15)8-12(10)13(14)16/h2-3,8,13H,4-7,9,15-16H2,1H3. The van der Waals surface area contributed by atoms with Gasteiger partial charge in [-0.1, -0.05) is 6.07 Å². The van der Waals surface area contributed by atoms with E-state index in [9.17, 15) is 0 Å². The molecule has 3 nitrogen and oxygen atoms in total. The van der Waals surface area contributed by atoms with Crippen LogP contribution in [0.1, 0.15) is 30.0 Å². The minimum absolute atomic E-state index is 0.176. The van der Waals surface area contributed by atoms with Crippen LogP contribution in [0.5, 0.6) is 0 Å². The molecule has 1 atom stereocenters. The molecule has 0 bridgehead atoms. The van der Waals surface area contributed by atoms with Crippen LogP contribution in [-0.4, -0.2) is 25.0 Å². The summed E-state index contributed by atoms with van der Waals surface area (Å²) in [5.74, 6) is 0. The van der Waals surface area contributed by atoms with E-state index in [-0.39, 0.29) is 6.04 Å². The van der Waals surface area contributed by atoms with E-state index in [4.69, 9.17) is 11.5 Å². The van der Waals surface area contributed by atoms with E-state index in [1.165, 1.54) is 24.0 Å². The van der Waals surface area contributed by atoms with E-state index in [1.54, 1.807) is 0 Å². The molecule has 0 saturated carbocycles. The SMILES string of the molecule is CN1CCC2(CC1)Cc1ccc(N)cc1C2N. The largest absolute Gasteiger partial charge is 0.399 e. The fraction of sp³-hybridized carbons (Fsp3) is 0.571. The molecule has 0 amide bonds. The quantitative estimate of drug-likeness (QED) is 0.666. The van der Waals surface area contributed by atoms with E-state index in [1.807, 2.05) is 6.07 Å². The summed E-state index contributed by atoms with van der Waals surface area (Å²) >= 11 is 0. The number of piperidine rings is 1. The fourth-order valence-electron chi connectivity index (χ4n) is 3.43. The van der Waals surface area contributed by atoms with Crippen molar-refractivity contribution in [2.45, 2.75) is 25.3 Å². The van der Waals surface area contributed by atoms with Crippen molar-refractivity contribution in [3.8, 4) is 0 Å². The highest BCUT2D eigenvalue weighted by Crippen LogP contribution is 2.50. The molecular formula is C14H21N3. The van der Waals surface area contributed by atoms with Crippen LogP contribution in [0.2, 0.25) is 0 Å². The highest BCUT2D eigenvalue weighted by atomic mass is 15.1. The first-order chi connectivity index (χ1) is 8.11. The summed E-state index contributed by atoms with van der Waals surface area (Å²) in [6.45, 7) is 2.33. The van der Waals surface area contributed by atoms with Gasteiger partial charge in [0.05, 0.1) is 0 Å². The summed E-state index contributed by atoms with van der Waals surface area (Å²) in [6, 6.07) is 6.42. The maximum atomic E-state index is 6.50. The first-order valence-electron chi connectivity index (χ1n) is 6.43. The van der Waals surface area contributed by atoms with Gasteiger partial charge >= 0.3 is 0 Å². The van der Waals surface area contributed by atoms with Gasteiger partial charge in [0, 0.05) is 11.7 Å². The third-order valence-electron chi connectivity index (χ3n) is 4.69. The molecule has 1 heterocycles. The number of benzene rings is 1. The van der Waals surface area contributed by atoms with Gasteiger partial charge in [0.2, 0.25) is 0 Å². The first kappa shape index (κ1) is 11.1. The summed E-state index contributed by atoms with van der Waals surface area (Å²) in [5, 5.41) is 0. The zero-order valence-electron chi connectivity index (χ0n) is 10.4. The van der Waals surface area contributed by atoms with Crippen molar-refractivity contribution in [2.24, 2.45) is 11.1 Å². The molecular weight excluding hydrogens is 210 g/mol. The molecule has 1 aromatic rings. The number of rotatable bonds is 0. The summed E-state index contributed by atoms with van der Waals surface area (Å²) in [5.41, 5.74) is 16.2. The molecule has 1 spiro atoms. The third-order valence-corrected chi connectivity index (χ3v) is 4.69. The van der Waals surface area contributed by atoms with Crippen LogP contribution in [0.25, 0.3) is 0 Å². The van der Waals surface area contributed by atoms with Gasteiger partial charge in [0.25, 0.3) is 0 Å². The Kier molecular flexibility index (Phi) is 2.42. The van der Waals surface area contributed by atoms with Crippen molar-refractivity contribution in [1.29, 1.82) is 0 Å². The number of hydrogen-bond acceptors (Lipinski definition) is 3. The zero-order valence-corrected chi connectivity index (χ0v) is 10.4. The number of nitrogen functional groups attached to an aromatic ring is 1. The molecule has 92 valence electrons. The number of hydrogen-bond donors (Lipinski definition) is 2. The van der Waals surface area contributed by atoms with Gasteiger partial charge in [-0.15, -0.1) is 0 Å². The minimum Gasteiger partial charge on any atom is -0.399 e. The summed E-state index contributed by atoms with van der Waals surface area (Å²) < 4.78 is 0. The smallest absolute Gasteiger partial charge is 0.0359 e. The summed E-state index contributed by atoms with van der Waals surface area (Å²) in [4.78, 5) is 2.40. The number of fused-ring (bicyclic) bond motifs is 1. The zero-order chi connectivity index (χ0) is 12.0. The second kappa shape index (κ2) is 3.72. The predicted molar refractivity (Wildman–Crippen MR) is 70.7 cm³/mol. The Morgan fingerprint density at radius 2 is 2.00 bits per heavy atom. The van der Waals surface area contributed by atoms with Crippen molar-refractivity contribution in [3.63, 3.8) is 0 Å².